The first-order valence-electron chi connectivity index (χ1n) is 6.22. The fourth-order valence-corrected chi connectivity index (χ4v) is 1.98. The summed E-state index contributed by atoms with van der Waals surface area (Å²) in [7, 11) is 0. The van der Waals surface area contributed by atoms with Gasteiger partial charge in [-0.2, -0.15) is 0 Å². The molecule has 1 rings (SSSR count). The molecule has 0 atom stereocenters. The molecule has 0 unspecified atom stereocenters. The molecule has 96 valence electrons. The van der Waals surface area contributed by atoms with Crippen LogP contribution in [0.1, 0.15) is 20.8 Å². The van der Waals surface area contributed by atoms with Crippen molar-refractivity contribution in [2.24, 2.45) is 5.92 Å². The van der Waals surface area contributed by atoms with E-state index in [1.165, 1.54) is 0 Å². The molecular formula is C14H22BrNO. The topological polar surface area (TPSA) is 12.5 Å². The lowest BCUT2D eigenvalue weighted by Crippen LogP contribution is -2.31. The number of rotatable bonds is 7. The summed E-state index contributed by atoms with van der Waals surface area (Å²) in [6, 6.07) is 7.98. The Balaban J connectivity index is 2.28. The lowest BCUT2D eigenvalue weighted by Gasteiger charge is -2.22. The molecule has 0 radical (unpaired) electrons. The van der Waals surface area contributed by atoms with Crippen LogP contribution in [0.15, 0.2) is 28.7 Å². The highest BCUT2D eigenvalue weighted by atomic mass is 79.9. The Morgan fingerprint density at radius 3 is 2.41 bits per heavy atom. The molecule has 0 aromatic heterocycles. The molecule has 0 aliphatic rings. The van der Waals surface area contributed by atoms with Gasteiger partial charge in [-0.3, -0.25) is 4.90 Å². The van der Waals surface area contributed by atoms with E-state index >= 15 is 0 Å². The first kappa shape index (κ1) is 14.5. The minimum Gasteiger partial charge on any atom is -0.492 e. The second-order valence-corrected chi connectivity index (χ2v) is 5.51. The highest BCUT2D eigenvalue weighted by Crippen LogP contribution is 2.15. The molecule has 1 aromatic carbocycles. The molecule has 0 spiro atoms. The van der Waals surface area contributed by atoms with E-state index in [1.54, 1.807) is 0 Å². The Labute approximate surface area is 113 Å². The van der Waals surface area contributed by atoms with Crippen molar-refractivity contribution in [1.29, 1.82) is 0 Å². The van der Waals surface area contributed by atoms with E-state index in [-0.39, 0.29) is 0 Å². The van der Waals surface area contributed by atoms with E-state index in [0.29, 0.717) is 5.92 Å². The van der Waals surface area contributed by atoms with Crippen molar-refractivity contribution in [3.8, 4) is 5.75 Å². The van der Waals surface area contributed by atoms with E-state index in [2.05, 4.69) is 41.6 Å². The van der Waals surface area contributed by atoms with Crippen molar-refractivity contribution in [2.75, 3.05) is 26.2 Å². The number of ether oxygens (including phenoxy) is 1. The summed E-state index contributed by atoms with van der Waals surface area (Å²) in [4.78, 5) is 2.42. The third kappa shape index (κ3) is 6.08. The standard InChI is InChI=1S/C14H22BrNO/c1-4-16(11-12(2)3)9-10-17-14-7-5-13(15)6-8-14/h5-8,12H,4,9-11H2,1-3H3. The number of likely N-dealkylation sites (N-methyl/N-ethyl adjacent to an activating group) is 1. The van der Waals surface area contributed by atoms with Crippen molar-refractivity contribution in [3.05, 3.63) is 28.7 Å². The van der Waals surface area contributed by atoms with Gasteiger partial charge in [0.2, 0.25) is 0 Å². The molecule has 3 heteroatoms. The summed E-state index contributed by atoms with van der Waals surface area (Å²) in [5.74, 6) is 1.65. The summed E-state index contributed by atoms with van der Waals surface area (Å²) < 4.78 is 6.80. The first-order chi connectivity index (χ1) is 8.11. The molecule has 0 N–H and O–H groups in total. The molecule has 0 aliphatic carbocycles. The molecule has 0 saturated heterocycles. The average Bonchev–Trinajstić information content (AvgIpc) is 2.30. The molecule has 1 aromatic rings. The van der Waals surface area contributed by atoms with Crippen LogP contribution < -0.4 is 4.74 Å². The van der Waals surface area contributed by atoms with Gasteiger partial charge in [0.25, 0.3) is 0 Å². The van der Waals surface area contributed by atoms with E-state index in [1.807, 2.05) is 24.3 Å². The summed E-state index contributed by atoms with van der Waals surface area (Å²) in [5, 5.41) is 0. The van der Waals surface area contributed by atoms with Crippen LogP contribution in [0.3, 0.4) is 0 Å². The second-order valence-electron chi connectivity index (χ2n) is 4.59. The van der Waals surface area contributed by atoms with Gasteiger partial charge in [0.15, 0.2) is 0 Å². The maximum Gasteiger partial charge on any atom is 0.119 e. The molecular weight excluding hydrogens is 278 g/mol. The van der Waals surface area contributed by atoms with Gasteiger partial charge in [-0.25, -0.2) is 0 Å². The fraction of sp³-hybridized carbons (Fsp3) is 0.571. The van der Waals surface area contributed by atoms with Crippen LogP contribution in [0.25, 0.3) is 0 Å². The van der Waals surface area contributed by atoms with Crippen LogP contribution in [-0.2, 0) is 0 Å². The summed E-state index contributed by atoms with van der Waals surface area (Å²) in [6.07, 6.45) is 0. The predicted octanol–water partition coefficient (Wildman–Crippen LogP) is 3.81. The van der Waals surface area contributed by atoms with E-state index < -0.39 is 0 Å². The molecule has 0 aliphatic heterocycles. The molecule has 2 nitrogen and oxygen atoms in total. The van der Waals surface area contributed by atoms with Crippen LogP contribution in [0.2, 0.25) is 0 Å². The molecule has 17 heavy (non-hydrogen) atoms. The number of nitrogens with zero attached hydrogens (tertiary/aromatic N) is 1. The number of benzene rings is 1. The van der Waals surface area contributed by atoms with E-state index in [4.69, 9.17) is 4.74 Å². The lowest BCUT2D eigenvalue weighted by atomic mass is 10.2. The maximum atomic E-state index is 5.71. The van der Waals surface area contributed by atoms with Gasteiger partial charge in [0, 0.05) is 17.6 Å². The quantitative estimate of drug-likeness (QED) is 0.759. The van der Waals surface area contributed by atoms with Gasteiger partial charge in [-0.15, -0.1) is 0 Å². The number of hydrogen-bond donors (Lipinski definition) is 0. The predicted molar refractivity (Wildman–Crippen MR) is 76.6 cm³/mol. The maximum absolute atomic E-state index is 5.71. The van der Waals surface area contributed by atoms with Gasteiger partial charge in [0.05, 0.1) is 0 Å². The van der Waals surface area contributed by atoms with Gasteiger partial charge in [-0.1, -0.05) is 36.7 Å². The lowest BCUT2D eigenvalue weighted by molar-refractivity contribution is 0.200. The van der Waals surface area contributed by atoms with Crippen LogP contribution in [0, 0.1) is 5.92 Å². The summed E-state index contributed by atoms with van der Waals surface area (Å²) >= 11 is 3.41. The van der Waals surface area contributed by atoms with Crippen LogP contribution >= 0.6 is 15.9 Å². The Bertz CT molecular complexity index is 311. The third-order valence-corrected chi connectivity index (χ3v) is 3.09. The van der Waals surface area contributed by atoms with Gasteiger partial charge in [-0.05, 0) is 36.7 Å². The minimum absolute atomic E-state index is 0.711. The third-order valence-electron chi connectivity index (χ3n) is 2.56. The second kappa shape index (κ2) is 7.72. The molecule has 0 saturated carbocycles. The number of hydrogen-bond acceptors (Lipinski definition) is 2. The van der Waals surface area contributed by atoms with Crippen LogP contribution in [0.4, 0.5) is 0 Å². The molecule has 0 fully saturated rings. The van der Waals surface area contributed by atoms with E-state index in [0.717, 1.165) is 36.5 Å². The van der Waals surface area contributed by atoms with E-state index in [9.17, 15) is 0 Å². The normalized spacial score (nSPS) is 11.2. The van der Waals surface area contributed by atoms with Crippen LogP contribution in [-0.4, -0.2) is 31.1 Å². The first-order valence-corrected chi connectivity index (χ1v) is 7.01. The van der Waals surface area contributed by atoms with Crippen molar-refractivity contribution < 1.29 is 4.74 Å². The Hall–Kier alpha value is -0.540. The Morgan fingerprint density at radius 1 is 1.24 bits per heavy atom. The monoisotopic (exact) mass is 299 g/mol. The zero-order valence-corrected chi connectivity index (χ0v) is 12.5. The van der Waals surface area contributed by atoms with Crippen molar-refractivity contribution in [2.45, 2.75) is 20.8 Å². The Kier molecular flexibility index (Phi) is 6.60. The summed E-state index contributed by atoms with van der Waals surface area (Å²) in [5.41, 5.74) is 0. The minimum atomic E-state index is 0.711. The molecule has 0 heterocycles. The smallest absolute Gasteiger partial charge is 0.119 e. The zero-order valence-electron chi connectivity index (χ0n) is 10.9. The molecule has 0 amide bonds. The zero-order chi connectivity index (χ0) is 12.7. The van der Waals surface area contributed by atoms with Crippen LogP contribution in [0.5, 0.6) is 5.75 Å². The van der Waals surface area contributed by atoms with Gasteiger partial charge in [0.1, 0.15) is 12.4 Å². The Morgan fingerprint density at radius 2 is 1.88 bits per heavy atom. The van der Waals surface area contributed by atoms with Crippen molar-refractivity contribution in [3.63, 3.8) is 0 Å². The number of halogens is 1. The van der Waals surface area contributed by atoms with Gasteiger partial charge < -0.3 is 4.74 Å². The summed E-state index contributed by atoms with van der Waals surface area (Å²) in [6.45, 7) is 10.7. The highest BCUT2D eigenvalue weighted by Gasteiger charge is 2.04. The fourth-order valence-electron chi connectivity index (χ4n) is 1.72. The van der Waals surface area contributed by atoms with Crippen molar-refractivity contribution >= 4 is 15.9 Å². The molecule has 0 bridgehead atoms. The SMILES string of the molecule is CCN(CCOc1ccc(Br)cc1)CC(C)C. The average molecular weight is 300 g/mol. The largest absolute Gasteiger partial charge is 0.492 e. The van der Waals surface area contributed by atoms with Gasteiger partial charge >= 0.3 is 0 Å². The van der Waals surface area contributed by atoms with Crippen molar-refractivity contribution in [1.82, 2.24) is 4.90 Å². The highest BCUT2D eigenvalue weighted by molar-refractivity contribution is 9.10.